The molecule has 0 spiro atoms. The molecule has 1 aromatic rings. The SMILES string of the molecule is COc1ccc(CC(C)(CN)N2CCOCC2(C)C)cc1. The van der Waals surface area contributed by atoms with Gasteiger partial charge in [-0.2, -0.15) is 0 Å². The van der Waals surface area contributed by atoms with Gasteiger partial charge in [0, 0.05) is 24.2 Å². The quantitative estimate of drug-likeness (QED) is 0.902. The summed E-state index contributed by atoms with van der Waals surface area (Å²) in [7, 11) is 1.69. The molecule has 2 N–H and O–H groups in total. The number of ether oxygens (including phenoxy) is 2. The van der Waals surface area contributed by atoms with E-state index < -0.39 is 0 Å². The van der Waals surface area contributed by atoms with Gasteiger partial charge in [-0.1, -0.05) is 12.1 Å². The summed E-state index contributed by atoms with van der Waals surface area (Å²) < 4.78 is 10.9. The summed E-state index contributed by atoms with van der Waals surface area (Å²) in [6, 6.07) is 8.27. The zero-order valence-corrected chi connectivity index (χ0v) is 13.7. The van der Waals surface area contributed by atoms with Crippen LogP contribution in [0.15, 0.2) is 24.3 Å². The molecule has 118 valence electrons. The van der Waals surface area contributed by atoms with Crippen LogP contribution in [0, 0.1) is 0 Å². The fourth-order valence-electron chi connectivity index (χ4n) is 3.32. The molecule has 1 saturated heterocycles. The molecule has 1 atom stereocenters. The Bertz CT molecular complexity index is 458. The van der Waals surface area contributed by atoms with Crippen LogP contribution in [-0.4, -0.2) is 49.4 Å². The minimum Gasteiger partial charge on any atom is -0.497 e. The summed E-state index contributed by atoms with van der Waals surface area (Å²) in [5, 5.41) is 0. The summed E-state index contributed by atoms with van der Waals surface area (Å²) in [6.45, 7) is 9.80. The van der Waals surface area contributed by atoms with Crippen LogP contribution in [0.3, 0.4) is 0 Å². The van der Waals surface area contributed by atoms with E-state index in [0.717, 1.165) is 31.9 Å². The van der Waals surface area contributed by atoms with Crippen LogP contribution < -0.4 is 10.5 Å². The van der Waals surface area contributed by atoms with Gasteiger partial charge in [0.1, 0.15) is 5.75 Å². The number of hydrogen-bond acceptors (Lipinski definition) is 4. The lowest BCUT2D eigenvalue weighted by molar-refractivity contribution is -0.0984. The molecule has 0 aromatic heterocycles. The van der Waals surface area contributed by atoms with Crippen LogP contribution in [0.25, 0.3) is 0 Å². The highest BCUT2D eigenvalue weighted by Gasteiger charge is 2.41. The second-order valence-electron chi connectivity index (χ2n) is 6.74. The van der Waals surface area contributed by atoms with Crippen LogP contribution in [0.5, 0.6) is 5.75 Å². The average molecular weight is 292 g/mol. The van der Waals surface area contributed by atoms with Crippen molar-refractivity contribution in [2.75, 3.05) is 33.4 Å². The van der Waals surface area contributed by atoms with Crippen molar-refractivity contribution >= 4 is 0 Å². The monoisotopic (exact) mass is 292 g/mol. The van der Waals surface area contributed by atoms with E-state index >= 15 is 0 Å². The van der Waals surface area contributed by atoms with Crippen LogP contribution >= 0.6 is 0 Å². The maximum atomic E-state index is 6.16. The second kappa shape index (κ2) is 6.34. The van der Waals surface area contributed by atoms with E-state index in [1.54, 1.807) is 7.11 Å². The second-order valence-corrected chi connectivity index (χ2v) is 6.74. The molecule has 0 saturated carbocycles. The Morgan fingerprint density at radius 3 is 2.52 bits per heavy atom. The molecule has 1 unspecified atom stereocenters. The molecule has 0 aliphatic carbocycles. The van der Waals surface area contributed by atoms with E-state index in [9.17, 15) is 0 Å². The van der Waals surface area contributed by atoms with E-state index in [1.165, 1.54) is 5.56 Å². The first-order chi connectivity index (χ1) is 9.91. The zero-order valence-electron chi connectivity index (χ0n) is 13.7. The number of methoxy groups -OCH3 is 1. The number of nitrogens with two attached hydrogens (primary N) is 1. The first-order valence-corrected chi connectivity index (χ1v) is 7.60. The van der Waals surface area contributed by atoms with Crippen LogP contribution in [-0.2, 0) is 11.2 Å². The van der Waals surface area contributed by atoms with Crippen LogP contribution in [0.2, 0.25) is 0 Å². The highest BCUT2D eigenvalue weighted by molar-refractivity contribution is 5.28. The molecule has 0 amide bonds. The predicted molar refractivity (Wildman–Crippen MR) is 85.8 cm³/mol. The van der Waals surface area contributed by atoms with Crippen molar-refractivity contribution < 1.29 is 9.47 Å². The van der Waals surface area contributed by atoms with Crippen LogP contribution in [0.4, 0.5) is 0 Å². The summed E-state index contributed by atoms with van der Waals surface area (Å²) in [4.78, 5) is 2.51. The smallest absolute Gasteiger partial charge is 0.118 e. The Labute approximate surface area is 128 Å². The van der Waals surface area contributed by atoms with Crippen molar-refractivity contribution in [3.63, 3.8) is 0 Å². The maximum Gasteiger partial charge on any atom is 0.118 e. The van der Waals surface area contributed by atoms with E-state index in [4.69, 9.17) is 15.2 Å². The Hall–Kier alpha value is -1.10. The van der Waals surface area contributed by atoms with Gasteiger partial charge >= 0.3 is 0 Å². The third-order valence-corrected chi connectivity index (χ3v) is 4.48. The minimum absolute atomic E-state index is 0.0127. The molecule has 1 aromatic carbocycles. The molecular weight excluding hydrogens is 264 g/mol. The Balaban J connectivity index is 2.19. The fourth-order valence-corrected chi connectivity index (χ4v) is 3.32. The Kier molecular flexibility index (Phi) is 4.91. The lowest BCUT2D eigenvalue weighted by Crippen LogP contribution is -2.65. The highest BCUT2D eigenvalue weighted by Crippen LogP contribution is 2.30. The largest absolute Gasteiger partial charge is 0.497 e. The first-order valence-electron chi connectivity index (χ1n) is 7.60. The predicted octanol–water partition coefficient (Wildman–Crippen LogP) is 2.07. The molecular formula is C17H28N2O2. The number of benzene rings is 1. The van der Waals surface area contributed by atoms with Gasteiger partial charge in [-0.05, 0) is 44.9 Å². The molecule has 2 rings (SSSR count). The normalized spacial score (nSPS) is 21.8. The van der Waals surface area contributed by atoms with Crippen molar-refractivity contribution in [3.8, 4) is 5.75 Å². The molecule has 4 heteroatoms. The number of nitrogens with zero attached hydrogens (tertiary/aromatic N) is 1. The van der Waals surface area contributed by atoms with E-state index in [0.29, 0.717) is 6.54 Å². The van der Waals surface area contributed by atoms with Gasteiger partial charge < -0.3 is 15.2 Å². The van der Waals surface area contributed by atoms with Gasteiger partial charge in [0.15, 0.2) is 0 Å². The number of rotatable bonds is 5. The van der Waals surface area contributed by atoms with Gasteiger partial charge in [0.25, 0.3) is 0 Å². The maximum absolute atomic E-state index is 6.16. The fraction of sp³-hybridized carbons (Fsp3) is 0.647. The molecule has 0 radical (unpaired) electrons. The molecule has 0 bridgehead atoms. The van der Waals surface area contributed by atoms with Gasteiger partial charge in [-0.3, -0.25) is 4.90 Å². The topological polar surface area (TPSA) is 47.7 Å². The summed E-state index contributed by atoms with van der Waals surface area (Å²) >= 11 is 0. The summed E-state index contributed by atoms with van der Waals surface area (Å²) in [6.07, 6.45) is 0.928. The zero-order chi connectivity index (χ0) is 15.5. The first kappa shape index (κ1) is 16.3. The number of morpholine rings is 1. The lowest BCUT2D eigenvalue weighted by atomic mass is 9.85. The van der Waals surface area contributed by atoms with Gasteiger partial charge in [0.05, 0.1) is 20.3 Å². The molecule has 1 fully saturated rings. The standard InChI is InChI=1S/C17H28N2O2/c1-16(2)13-21-10-9-19(16)17(3,12-18)11-14-5-7-15(20-4)8-6-14/h5-8H,9-13,18H2,1-4H3. The van der Waals surface area contributed by atoms with Gasteiger partial charge in [-0.25, -0.2) is 0 Å². The molecule has 1 aliphatic heterocycles. The molecule has 21 heavy (non-hydrogen) atoms. The van der Waals surface area contributed by atoms with Crippen molar-refractivity contribution in [1.29, 1.82) is 0 Å². The van der Waals surface area contributed by atoms with E-state index in [1.807, 2.05) is 12.1 Å². The Morgan fingerprint density at radius 1 is 1.33 bits per heavy atom. The average Bonchev–Trinajstić information content (AvgIpc) is 2.47. The number of hydrogen-bond donors (Lipinski definition) is 1. The molecule has 1 heterocycles. The van der Waals surface area contributed by atoms with Gasteiger partial charge in [0.2, 0.25) is 0 Å². The lowest BCUT2D eigenvalue weighted by Gasteiger charge is -2.52. The van der Waals surface area contributed by atoms with Crippen LogP contribution in [0.1, 0.15) is 26.3 Å². The summed E-state index contributed by atoms with van der Waals surface area (Å²) in [5.41, 5.74) is 7.38. The summed E-state index contributed by atoms with van der Waals surface area (Å²) in [5.74, 6) is 0.889. The highest BCUT2D eigenvalue weighted by atomic mass is 16.5. The van der Waals surface area contributed by atoms with Gasteiger partial charge in [-0.15, -0.1) is 0 Å². The van der Waals surface area contributed by atoms with Crippen molar-refractivity contribution in [2.24, 2.45) is 5.73 Å². The van der Waals surface area contributed by atoms with Crippen molar-refractivity contribution in [2.45, 2.75) is 38.3 Å². The van der Waals surface area contributed by atoms with Crippen molar-refractivity contribution in [1.82, 2.24) is 4.90 Å². The van der Waals surface area contributed by atoms with E-state index in [2.05, 4.69) is 37.8 Å². The third kappa shape index (κ3) is 3.57. The van der Waals surface area contributed by atoms with E-state index in [-0.39, 0.29) is 11.1 Å². The Morgan fingerprint density at radius 2 is 2.00 bits per heavy atom. The molecule has 1 aliphatic rings. The minimum atomic E-state index is -0.0676. The van der Waals surface area contributed by atoms with Crippen molar-refractivity contribution in [3.05, 3.63) is 29.8 Å². The third-order valence-electron chi connectivity index (χ3n) is 4.48. The molecule has 4 nitrogen and oxygen atoms in total.